The molecule has 1 aromatic heterocycles. The van der Waals surface area contributed by atoms with E-state index in [-0.39, 0.29) is 16.1 Å². The van der Waals surface area contributed by atoms with E-state index in [4.69, 9.17) is 5.73 Å². The minimum atomic E-state index is -3.86. The van der Waals surface area contributed by atoms with Gasteiger partial charge in [-0.2, -0.15) is 0 Å². The number of hydrogen-bond donors (Lipinski definition) is 2. The summed E-state index contributed by atoms with van der Waals surface area (Å²) in [5, 5.41) is 0. The summed E-state index contributed by atoms with van der Waals surface area (Å²) in [6.07, 6.45) is 1.51. The van der Waals surface area contributed by atoms with E-state index in [2.05, 4.69) is 9.71 Å². The molecule has 0 radical (unpaired) electrons. The van der Waals surface area contributed by atoms with E-state index in [1.165, 1.54) is 20.0 Å². The highest BCUT2D eigenvalue weighted by Gasteiger charge is 2.23. The van der Waals surface area contributed by atoms with Crippen LogP contribution in [0.5, 0.6) is 0 Å². The van der Waals surface area contributed by atoms with Crippen LogP contribution >= 0.6 is 0 Å². The fourth-order valence-electron chi connectivity index (χ4n) is 2.16. The molecule has 0 bridgehead atoms. The number of benzene rings is 1. The van der Waals surface area contributed by atoms with Gasteiger partial charge in [-0.15, -0.1) is 0 Å². The second kappa shape index (κ2) is 5.33. The fourth-order valence-corrected chi connectivity index (χ4v) is 3.69. The van der Waals surface area contributed by atoms with E-state index < -0.39 is 15.8 Å². The second-order valence-corrected chi connectivity index (χ2v) is 6.45. The molecule has 2 rings (SSSR count). The van der Waals surface area contributed by atoms with Crippen LogP contribution in [0.25, 0.3) is 0 Å². The monoisotopic (exact) mass is 309 g/mol. The molecule has 3 N–H and O–H groups in total. The molecule has 0 atom stereocenters. The standard InChI is InChI=1S/C14H16FN3O2S/c1-8-6-12(15)13(16)10(3)14(8)21(19,20)18-11-4-5-17-9(2)7-11/h4-7H,16H2,1-3H3,(H,17,18). The number of pyridine rings is 1. The molecule has 0 spiro atoms. The van der Waals surface area contributed by atoms with Crippen LogP contribution in [0.2, 0.25) is 0 Å². The lowest BCUT2D eigenvalue weighted by Crippen LogP contribution is -2.17. The molecule has 0 aliphatic heterocycles. The fraction of sp³-hybridized carbons (Fsp3) is 0.214. The van der Waals surface area contributed by atoms with Crippen molar-refractivity contribution in [3.8, 4) is 0 Å². The number of nitrogens with zero attached hydrogens (tertiary/aromatic N) is 1. The van der Waals surface area contributed by atoms with E-state index >= 15 is 0 Å². The molecule has 5 nitrogen and oxygen atoms in total. The van der Waals surface area contributed by atoms with Crippen LogP contribution in [-0.2, 0) is 10.0 Å². The van der Waals surface area contributed by atoms with Gasteiger partial charge in [0, 0.05) is 11.9 Å². The van der Waals surface area contributed by atoms with Crippen molar-refractivity contribution in [1.82, 2.24) is 4.98 Å². The van der Waals surface area contributed by atoms with Gasteiger partial charge in [0.25, 0.3) is 10.0 Å². The molecule has 0 fully saturated rings. The summed E-state index contributed by atoms with van der Waals surface area (Å²) >= 11 is 0. The highest BCUT2D eigenvalue weighted by atomic mass is 32.2. The first-order valence-corrected chi connectivity index (χ1v) is 7.71. The van der Waals surface area contributed by atoms with Gasteiger partial charge in [-0.3, -0.25) is 9.71 Å². The van der Waals surface area contributed by atoms with Gasteiger partial charge >= 0.3 is 0 Å². The Morgan fingerprint density at radius 2 is 1.90 bits per heavy atom. The normalized spacial score (nSPS) is 11.4. The Morgan fingerprint density at radius 3 is 2.52 bits per heavy atom. The van der Waals surface area contributed by atoms with Crippen LogP contribution < -0.4 is 10.5 Å². The number of anilines is 2. The average Bonchev–Trinajstić information content (AvgIpc) is 2.35. The SMILES string of the molecule is Cc1cc(NS(=O)(=O)c2c(C)cc(F)c(N)c2C)ccn1. The minimum absolute atomic E-state index is 0.00383. The highest BCUT2D eigenvalue weighted by Crippen LogP contribution is 2.29. The Balaban J connectivity index is 2.53. The predicted octanol–water partition coefficient (Wildman–Crippen LogP) is 2.53. The molecule has 0 aliphatic carbocycles. The zero-order chi connectivity index (χ0) is 15.8. The first-order chi connectivity index (χ1) is 9.72. The molecule has 2 aromatic rings. The molecule has 7 heteroatoms. The molecule has 21 heavy (non-hydrogen) atoms. The predicted molar refractivity (Wildman–Crippen MR) is 80.1 cm³/mol. The molecule has 1 heterocycles. The Morgan fingerprint density at radius 1 is 1.24 bits per heavy atom. The van der Waals surface area contributed by atoms with Gasteiger partial charge in [-0.1, -0.05) is 0 Å². The van der Waals surface area contributed by atoms with Crippen LogP contribution in [0.3, 0.4) is 0 Å². The van der Waals surface area contributed by atoms with E-state index in [0.717, 1.165) is 6.07 Å². The van der Waals surface area contributed by atoms with Crippen molar-refractivity contribution in [3.63, 3.8) is 0 Å². The summed E-state index contributed by atoms with van der Waals surface area (Å²) in [5.74, 6) is -0.622. The number of hydrogen-bond acceptors (Lipinski definition) is 4. The summed E-state index contributed by atoms with van der Waals surface area (Å²) in [6.45, 7) is 4.77. The molecular weight excluding hydrogens is 293 g/mol. The topological polar surface area (TPSA) is 85.1 Å². The summed E-state index contributed by atoms with van der Waals surface area (Å²) in [5.41, 5.74) is 7.01. The van der Waals surface area contributed by atoms with Crippen LogP contribution in [0.15, 0.2) is 29.3 Å². The maximum absolute atomic E-state index is 13.5. The molecule has 0 unspecified atom stereocenters. The van der Waals surface area contributed by atoms with Crippen LogP contribution in [0.4, 0.5) is 15.8 Å². The van der Waals surface area contributed by atoms with E-state index in [9.17, 15) is 12.8 Å². The summed E-state index contributed by atoms with van der Waals surface area (Å²) in [4.78, 5) is 4.00. The molecule has 0 amide bonds. The third-order valence-corrected chi connectivity index (χ3v) is 4.79. The van der Waals surface area contributed by atoms with Crippen molar-refractivity contribution in [2.75, 3.05) is 10.5 Å². The van der Waals surface area contributed by atoms with E-state index in [1.54, 1.807) is 19.1 Å². The average molecular weight is 309 g/mol. The summed E-state index contributed by atoms with van der Waals surface area (Å²) in [6, 6.07) is 4.27. The van der Waals surface area contributed by atoms with Gasteiger partial charge in [0.2, 0.25) is 0 Å². The number of aryl methyl sites for hydroxylation is 2. The van der Waals surface area contributed by atoms with Crippen molar-refractivity contribution in [2.45, 2.75) is 25.7 Å². The van der Waals surface area contributed by atoms with Crippen molar-refractivity contribution < 1.29 is 12.8 Å². The smallest absolute Gasteiger partial charge is 0.262 e. The Bertz CT molecular complexity index is 804. The van der Waals surface area contributed by atoms with Crippen LogP contribution in [0, 0.1) is 26.6 Å². The molecule has 0 aliphatic rings. The van der Waals surface area contributed by atoms with Crippen LogP contribution in [0.1, 0.15) is 16.8 Å². The third-order valence-electron chi connectivity index (χ3n) is 3.12. The van der Waals surface area contributed by atoms with Crippen LogP contribution in [-0.4, -0.2) is 13.4 Å². The van der Waals surface area contributed by atoms with E-state index in [0.29, 0.717) is 16.9 Å². The molecule has 0 saturated carbocycles. The lowest BCUT2D eigenvalue weighted by atomic mass is 10.1. The summed E-state index contributed by atoms with van der Waals surface area (Å²) < 4.78 is 41.0. The molecule has 1 aromatic carbocycles. The lowest BCUT2D eigenvalue weighted by molar-refractivity contribution is 0.598. The molecular formula is C14H16FN3O2S. The van der Waals surface area contributed by atoms with Gasteiger partial charge in [-0.05, 0) is 50.1 Å². The van der Waals surface area contributed by atoms with Crippen molar-refractivity contribution in [3.05, 3.63) is 47.0 Å². The number of sulfonamides is 1. The van der Waals surface area contributed by atoms with Crippen molar-refractivity contribution in [2.24, 2.45) is 0 Å². The number of nitrogens with one attached hydrogen (secondary N) is 1. The maximum atomic E-state index is 13.5. The second-order valence-electron chi connectivity index (χ2n) is 4.83. The third kappa shape index (κ3) is 2.97. The number of halogens is 1. The minimum Gasteiger partial charge on any atom is -0.396 e. The van der Waals surface area contributed by atoms with Gasteiger partial charge in [0.1, 0.15) is 5.82 Å². The van der Waals surface area contributed by atoms with Gasteiger partial charge < -0.3 is 5.73 Å². The van der Waals surface area contributed by atoms with Gasteiger partial charge in [0.05, 0.1) is 16.3 Å². The van der Waals surface area contributed by atoms with Gasteiger partial charge in [0.15, 0.2) is 0 Å². The lowest BCUT2D eigenvalue weighted by Gasteiger charge is -2.15. The Kier molecular flexibility index (Phi) is 3.87. The summed E-state index contributed by atoms with van der Waals surface area (Å²) in [7, 11) is -3.86. The maximum Gasteiger partial charge on any atom is 0.262 e. The number of aromatic nitrogens is 1. The number of nitrogen functional groups attached to an aromatic ring is 1. The van der Waals surface area contributed by atoms with Crippen molar-refractivity contribution >= 4 is 21.4 Å². The number of nitrogens with two attached hydrogens (primary N) is 1. The molecule has 112 valence electrons. The Labute approximate surface area is 123 Å². The van der Waals surface area contributed by atoms with Crippen molar-refractivity contribution in [1.29, 1.82) is 0 Å². The zero-order valence-electron chi connectivity index (χ0n) is 11.9. The highest BCUT2D eigenvalue weighted by molar-refractivity contribution is 7.92. The first-order valence-electron chi connectivity index (χ1n) is 6.23. The van der Waals surface area contributed by atoms with E-state index in [1.807, 2.05) is 0 Å². The first kappa shape index (κ1) is 15.2. The Hall–Kier alpha value is -2.15. The molecule has 0 saturated heterocycles. The quantitative estimate of drug-likeness (QED) is 0.853. The zero-order valence-corrected chi connectivity index (χ0v) is 12.8. The number of rotatable bonds is 3. The largest absolute Gasteiger partial charge is 0.396 e. The van der Waals surface area contributed by atoms with Gasteiger partial charge in [-0.25, -0.2) is 12.8 Å².